The van der Waals surface area contributed by atoms with Gasteiger partial charge in [-0.2, -0.15) is 0 Å². The summed E-state index contributed by atoms with van der Waals surface area (Å²) in [5, 5.41) is 2.14. The average molecular weight is 267 g/mol. The van der Waals surface area contributed by atoms with Gasteiger partial charge in [-0.3, -0.25) is 16.2 Å². The van der Waals surface area contributed by atoms with Crippen molar-refractivity contribution in [3.8, 4) is 0 Å². The van der Waals surface area contributed by atoms with E-state index in [2.05, 4.69) is 41.7 Å². The fourth-order valence-corrected chi connectivity index (χ4v) is 4.30. The van der Waals surface area contributed by atoms with Gasteiger partial charge in [-0.15, -0.1) is 11.3 Å². The normalized spacial score (nSPS) is 19.3. The monoisotopic (exact) mass is 267 g/mol. The maximum Gasteiger partial charge on any atom is 0.0736 e. The molecule has 1 fully saturated rings. The Hall–Kier alpha value is -0.420. The predicted octanol–water partition coefficient (Wildman–Crippen LogP) is 2.91. The molecule has 4 heteroatoms. The van der Waals surface area contributed by atoms with Crippen LogP contribution in [0.15, 0.2) is 17.5 Å². The molecule has 3 nitrogen and oxygen atoms in total. The summed E-state index contributed by atoms with van der Waals surface area (Å²) >= 11 is 1.80. The number of hydrazine groups is 1. The SMILES string of the molecule is CCC(CC)(C(NN)c1cccs1)N1CCCC1. The van der Waals surface area contributed by atoms with Crippen LogP contribution >= 0.6 is 11.3 Å². The summed E-state index contributed by atoms with van der Waals surface area (Å²) in [6.07, 6.45) is 4.92. The lowest BCUT2D eigenvalue weighted by molar-refractivity contribution is 0.0630. The molecule has 1 saturated heterocycles. The molecule has 1 aromatic heterocycles. The van der Waals surface area contributed by atoms with E-state index < -0.39 is 0 Å². The highest BCUT2D eigenvalue weighted by molar-refractivity contribution is 7.10. The van der Waals surface area contributed by atoms with Gasteiger partial charge in [-0.25, -0.2) is 0 Å². The number of nitrogens with one attached hydrogen (secondary N) is 1. The van der Waals surface area contributed by atoms with Gasteiger partial charge in [0.1, 0.15) is 0 Å². The number of thiophene rings is 1. The van der Waals surface area contributed by atoms with Gasteiger partial charge in [-0.1, -0.05) is 19.9 Å². The van der Waals surface area contributed by atoms with Crippen LogP contribution in [-0.4, -0.2) is 23.5 Å². The average Bonchev–Trinajstić information content (AvgIpc) is 3.08. The van der Waals surface area contributed by atoms with Gasteiger partial charge in [0.2, 0.25) is 0 Å². The number of rotatable bonds is 6. The van der Waals surface area contributed by atoms with Gasteiger partial charge < -0.3 is 0 Å². The Kier molecular flexibility index (Phi) is 4.78. The van der Waals surface area contributed by atoms with Gasteiger partial charge in [-0.05, 0) is 50.2 Å². The number of hydrogen-bond acceptors (Lipinski definition) is 4. The highest BCUT2D eigenvalue weighted by Crippen LogP contribution is 2.40. The second kappa shape index (κ2) is 6.15. The van der Waals surface area contributed by atoms with Crippen molar-refractivity contribution >= 4 is 11.3 Å². The van der Waals surface area contributed by atoms with E-state index in [0.29, 0.717) is 0 Å². The largest absolute Gasteiger partial charge is 0.296 e. The van der Waals surface area contributed by atoms with Crippen LogP contribution in [0.3, 0.4) is 0 Å². The third kappa shape index (κ3) is 2.35. The van der Waals surface area contributed by atoms with Crippen LogP contribution in [0, 0.1) is 0 Å². The Labute approximate surface area is 114 Å². The standard InChI is InChI=1S/C14H25N3S/c1-3-14(4-2,17-9-5-6-10-17)13(16-15)12-8-7-11-18-12/h7-8,11,13,16H,3-6,9-10,15H2,1-2H3. The summed E-state index contributed by atoms with van der Waals surface area (Å²) in [6.45, 7) is 7.01. The van der Waals surface area contributed by atoms with Gasteiger partial charge in [0.15, 0.2) is 0 Å². The molecule has 102 valence electrons. The first-order chi connectivity index (χ1) is 8.78. The van der Waals surface area contributed by atoms with Crippen molar-refractivity contribution in [3.05, 3.63) is 22.4 Å². The minimum atomic E-state index is 0.163. The zero-order valence-corrected chi connectivity index (χ0v) is 12.3. The van der Waals surface area contributed by atoms with Crippen molar-refractivity contribution in [1.29, 1.82) is 0 Å². The summed E-state index contributed by atoms with van der Waals surface area (Å²) in [5.41, 5.74) is 3.26. The molecular weight excluding hydrogens is 242 g/mol. The van der Waals surface area contributed by atoms with Crippen LogP contribution in [0.2, 0.25) is 0 Å². The zero-order valence-electron chi connectivity index (χ0n) is 11.5. The lowest BCUT2D eigenvalue weighted by Crippen LogP contribution is -2.56. The predicted molar refractivity (Wildman–Crippen MR) is 78.5 cm³/mol. The second-order valence-electron chi connectivity index (χ2n) is 5.12. The summed E-state index contributed by atoms with van der Waals surface area (Å²) in [5.74, 6) is 5.90. The molecule has 0 spiro atoms. The fourth-order valence-electron chi connectivity index (χ4n) is 3.41. The molecular formula is C14H25N3S. The Balaban J connectivity index is 2.31. The molecule has 3 N–H and O–H groups in total. The lowest BCUT2D eigenvalue weighted by Gasteiger charge is -2.46. The van der Waals surface area contributed by atoms with Crippen molar-refractivity contribution in [2.45, 2.75) is 51.1 Å². The first kappa shape index (κ1) is 14.0. The minimum absolute atomic E-state index is 0.163. The lowest BCUT2D eigenvalue weighted by atomic mass is 9.82. The van der Waals surface area contributed by atoms with Crippen molar-refractivity contribution in [2.24, 2.45) is 5.84 Å². The summed E-state index contributed by atoms with van der Waals surface area (Å²) < 4.78 is 0. The molecule has 18 heavy (non-hydrogen) atoms. The third-order valence-corrected chi connectivity index (χ3v) is 5.43. The topological polar surface area (TPSA) is 41.3 Å². The molecule has 1 atom stereocenters. The highest BCUT2D eigenvalue weighted by Gasteiger charge is 2.42. The molecule has 0 bridgehead atoms. The Morgan fingerprint density at radius 3 is 2.50 bits per heavy atom. The van der Waals surface area contributed by atoms with E-state index in [0.717, 1.165) is 12.8 Å². The Morgan fingerprint density at radius 2 is 2.06 bits per heavy atom. The van der Waals surface area contributed by atoms with Gasteiger partial charge >= 0.3 is 0 Å². The van der Waals surface area contributed by atoms with E-state index in [1.165, 1.54) is 30.8 Å². The van der Waals surface area contributed by atoms with E-state index in [1.807, 2.05) is 0 Å². The maximum atomic E-state index is 5.90. The van der Waals surface area contributed by atoms with Gasteiger partial charge in [0.05, 0.1) is 6.04 Å². The number of likely N-dealkylation sites (tertiary alicyclic amines) is 1. The van der Waals surface area contributed by atoms with Crippen LogP contribution in [-0.2, 0) is 0 Å². The zero-order chi connectivity index (χ0) is 13.0. The molecule has 1 unspecified atom stereocenters. The Morgan fingerprint density at radius 1 is 1.39 bits per heavy atom. The van der Waals surface area contributed by atoms with Gasteiger partial charge in [0, 0.05) is 10.4 Å². The molecule has 0 saturated carbocycles. The molecule has 1 aliphatic rings. The van der Waals surface area contributed by atoms with Crippen molar-refractivity contribution in [2.75, 3.05) is 13.1 Å². The summed E-state index contributed by atoms with van der Waals surface area (Å²) in [4.78, 5) is 4.00. The Bertz CT molecular complexity index is 340. The number of nitrogens with two attached hydrogens (primary N) is 1. The van der Waals surface area contributed by atoms with Crippen LogP contribution in [0.5, 0.6) is 0 Å². The van der Waals surface area contributed by atoms with Crippen molar-refractivity contribution in [3.63, 3.8) is 0 Å². The molecule has 0 amide bonds. The molecule has 1 aromatic rings. The number of hydrogen-bond donors (Lipinski definition) is 2. The smallest absolute Gasteiger partial charge is 0.0736 e. The van der Waals surface area contributed by atoms with E-state index in [9.17, 15) is 0 Å². The molecule has 0 radical (unpaired) electrons. The van der Waals surface area contributed by atoms with E-state index >= 15 is 0 Å². The fraction of sp³-hybridized carbons (Fsp3) is 0.714. The highest BCUT2D eigenvalue weighted by atomic mass is 32.1. The molecule has 2 rings (SSSR count). The van der Waals surface area contributed by atoms with Crippen LogP contribution in [0.4, 0.5) is 0 Å². The third-order valence-electron chi connectivity index (χ3n) is 4.49. The minimum Gasteiger partial charge on any atom is -0.296 e. The second-order valence-corrected chi connectivity index (χ2v) is 6.10. The van der Waals surface area contributed by atoms with Gasteiger partial charge in [0.25, 0.3) is 0 Å². The first-order valence-corrected chi connectivity index (χ1v) is 7.91. The molecule has 0 aromatic carbocycles. The van der Waals surface area contributed by atoms with E-state index in [4.69, 9.17) is 5.84 Å². The summed E-state index contributed by atoms with van der Waals surface area (Å²) in [6, 6.07) is 4.56. The van der Waals surface area contributed by atoms with Crippen LogP contribution < -0.4 is 11.3 Å². The van der Waals surface area contributed by atoms with E-state index in [-0.39, 0.29) is 11.6 Å². The van der Waals surface area contributed by atoms with Crippen molar-refractivity contribution < 1.29 is 0 Å². The van der Waals surface area contributed by atoms with E-state index in [1.54, 1.807) is 11.3 Å². The molecule has 0 aliphatic carbocycles. The van der Waals surface area contributed by atoms with Crippen LogP contribution in [0.1, 0.15) is 50.4 Å². The first-order valence-electron chi connectivity index (χ1n) is 7.03. The molecule has 2 heterocycles. The van der Waals surface area contributed by atoms with Crippen molar-refractivity contribution in [1.82, 2.24) is 10.3 Å². The number of nitrogens with zero attached hydrogens (tertiary/aromatic N) is 1. The van der Waals surface area contributed by atoms with Crippen LogP contribution in [0.25, 0.3) is 0 Å². The molecule has 1 aliphatic heterocycles. The maximum absolute atomic E-state index is 5.90. The quantitative estimate of drug-likeness (QED) is 0.615. The summed E-state index contributed by atoms with van der Waals surface area (Å²) in [7, 11) is 0.